The average molecular weight is 296 g/mol. The van der Waals surface area contributed by atoms with Crippen LogP contribution in [-0.4, -0.2) is 55.5 Å². The van der Waals surface area contributed by atoms with Crippen molar-refractivity contribution < 1.29 is 17.9 Å². The van der Waals surface area contributed by atoms with Crippen molar-refractivity contribution in [3.8, 4) is 0 Å². The minimum Gasteiger partial charge on any atom is -0.374 e. The largest absolute Gasteiger partial charge is 0.389 e. The van der Waals surface area contributed by atoms with Crippen LogP contribution in [0.3, 0.4) is 0 Å². The van der Waals surface area contributed by atoms with Crippen LogP contribution in [-0.2, 0) is 4.74 Å². The molecule has 3 nitrogen and oxygen atoms in total. The maximum absolute atomic E-state index is 12.2. The van der Waals surface area contributed by atoms with Gasteiger partial charge in [0.05, 0.1) is 12.7 Å². The van der Waals surface area contributed by atoms with E-state index in [1.165, 1.54) is 0 Å². The van der Waals surface area contributed by atoms with Gasteiger partial charge in [-0.2, -0.15) is 13.2 Å². The third-order valence-electron chi connectivity index (χ3n) is 3.75. The van der Waals surface area contributed by atoms with Gasteiger partial charge in [-0.15, -0.1) is 0 Å². The zero-order valence-electron chi connectivity index (χ0n) is 12.7. The van der Waals surface area contributed by atoms with Crippen LogP contribution in [0.25, 0.3) is 0 Å². The summed E-state index contributed by atoms with van der Waals surface area (Å²) in [6.45, 7) is 9.33. The average Bonchev–Trinajstić information content (AvgIpc) is 2.36. The molecule has 0 aromatic carbocycles. The van der Waals surface area contributed by atoms with E-state index in [1.54, 1.807) is 0 Å². The number of morpholine rings is 1. The molecule has 0 aliphatic carbocycles. The normalized spacial score (nSPS) is 23.2. The first-order valence-electron chi connectivity index (χ1n) is 7.49. The molecule has 120 valence electrons. The van der Waals surface area contributed by atoms with Gasteiger partial charge in [0.15, 0.2) is 0 Å². The van der Waals surface area contributed by atoms with Crippen molar-refractivity contribution in [1.29, 1.82) is 0 Å². The van der Waals surface area contributed by atoms with Crippen LogP contribution in [0.1, 0.15) is 40.0 Å². The highest BCUT2D eigenvalue weighted by Gasteiger charge is 2.31. The SMILES string of the molecule is CCNC(CCCC(F)(F)F)C1CN(C(C)C)CCO1. The fourth-order valence-electron chi connectivity index (χ4n) is 2.61. The lowest BCUT2D eigenvalue weighted by atomic mass is 10.0. The van der Waals surface area contributed by atoms with Crippen molar-refractivity contribution in [2.24, 2.45) is 0 Å². The summed E-state index contributed by atoms with van der Waals surface area (Å²) in [5, 5.41) is 3.28. The van der Waals surface area contributed by atoms with E-state index in [-0.39, 0.29) is 18.6 Å². The molecule has 0 aromatic rings. The molecule has 0 amide bonds. The highest BCUT2D eigenvalue weighted by Crippen LogP contribution is 2.24. The molecule has 1 N–H and O–H groups in total. The zero-order valence-corrected chi connectivity index (χ0v) is 12.7. The second-order valence-electron chi connectivity index (χ2n) is 5.67. The van der Waals surface area contributed by atoms with Gasteiger partial charge in [-0.3, -0.25) is 4.90 Å². The Bertz CT molecular complexity index is 272. The Kier molecular flexibility index (Phi) is 7.26. The van der Waals surface area contributed by atoms with Crippen LogP contribution in [0.2, 0.25) is 0 Å². The molecule has 2 unspecified atom stereocenters. The van der Waals surface area contributed by atoms with Crippen LogP contribution >= 0.6 is 0 Å². The summed E-state index contributed by atoms with van der Waals surface area (Å²) >= 11 is 0. The molecule has 0 bridgehead atoms. The van der Waals surface area contributed by atoms with Crippen LogP contribution < -0.4 is 5.32 Å². The van der Waals surface area contributed by atoms with Crippen LogP contribution in [0.5, 0.6) is 0 Å². The smallest absolute Gasteiger partial charge is 0.374 e. The summed E-state index contributed by atoms with van der Waals surface area (Å²) in [5.74, 6) is 0. The first-order valence-corrected chi connectivity index (χ1v) is 7.49. The molecule has 2 atom stereocenters. The van der Waals surface area contributed by atoms with Gasteiger partial charge >= 0.3 is 6.18 Å². The quantitative estimate of drug-likeness (QED) is 0.782. The molecule has 0 radical (unpaired) electrons. The second kappa shape index (κ2) is 8.20. The maximum Gasteiger partial charge on any atom is 0.389 e. The number of likely N-dealkylation sites (N-methyl/N-ethyl adjacent to an activating group) is 1. The molecule has 1 aliphatic rings. The maximum atomic E-state index is 12.2. The third-order valence-corrected chi connectivity index (χ3v) is 3.75. The second-order valence-corrected chi connectivity index (χ2v) is 5.67. The number of nitrogens with one attached hydrogen (secondary N) is 1. The van der Waals surface area contributed by atoms with Gasteiger partial charge in [0.2, 0.25) is 0 Å². The lowest BCUT2D eigenvalue weighted by molar-refractivity contribution is -0.136. The van der Waals surface area contributed by atoms with E-state index < -0.39 is 12.6 Å². The molecule has 20 heavy (non-hydrogen) atoms. The van der Waals surface area contributed by atoms with Crippen molar-refractivity contribution in [2.75, 3.05) is 26.2 Å². The Morgan fingerprint density at radius 2 is 2.05 bits per heavy atom. The van der Waals surface area contributed by atoms with Crippen molar-refractivity contribution in [2.45, 2.75) is 64.4 Å². The summed E-state index contributed by atoms with van der Waals surface area (Å²) in [5.41, 5.74) is 0. The summed E-state index contributed by atoms with van der Waals surface area (Å²) in [4.78, 5) is 2.32. The summed E-state index contributed by atoms with van der Waals surface area (Å²) < 4.78 is 42.5. The Morgan fingerprint density at radius 1 is 1.35 bits per heavy atom. The molecule has 1 rings (SSSR count). The van der Waals surface area contributed by atoms with E-state index in [2.05, 4.69) is 24.1 Å². The van der Waals surface area contributed by atoms with E-state index >= 15 is 0 Å². The molecule has 0 saturated carbocycles. The molecular formula is C14H27F3N2O. The Hall–Kier alpha value is -0.330. The first kappa shape index (κ1) is 17.7. The van der Waals surface area contributed by atoms with Crippen molar-refractivity contribution >= 4 is 0 Å². The summed E-state index contributed by atoms with van der Waals surface area (Å²) in [6, 6.07) is 0.447. The number of hydrogen-bond acceptors (Lipinski definition) is 3. The highest BCUT2D eigenvalue weighted by molar-refractivity contribution is 4.84. The van der Waals surface area contributed by atoms with Gasteiger partial charge in [-0.25, -0.2) is 0 Å². The lowest BCUT2D eigenvalue weighted by Crippen LogP contribution is -2.53. The number of alkyl halides is 3. The van der Waals surface area contributed by atoms with Crippen LogP contribution in [0, 0.1) is 0 Å². The van der Waals surface area contributed by atoms with Crippen molar-refractivity contribution in [1.82, 2.24) is 10.2 Å². The molecule has 6 heteroatoms. The number of halogens is 3. The number of rotatable bonds is 7. The molecule has 1 saturated heterocycles. The highest BCUT2D eigenvalue weighted by atomic mass is 19.4. The predicted octanol–water partition coefficient (Wildman–Crippen LogP) is 2.81. The fraction of sp³-hybridized carbons (Fsp3) is 1.00. The number of nitrogens with zero attached hydrogens (tertiary/aromatic N) is 1. The van der Waals surface area contributed by atoms with E-state index in [4.69, 9.17) is 4.74 Å². The Balaban J connectivity index is 2.47. The van der Waals surface area contributed by atoms with Gasteiger partial charge in [-0.1, -0.05) is 6.92 Å². The molecule has 1 fully saturated rings. The van der Waals surface area contributed by atoms with Crippen molar-refractivity contribution in [3.05, 3.63) is 0 Å². The fourth-order valence-corrected chi connectivity index (χ4v) is 2.61. The van der Waals surface area contributed by atoms with E-state index in [0.717, 1.165) is 19.6 Å². The van der Waals surface area contributed by atoms with Crippen molar-refractivity contribution in [3.63, 3.8) is 0 Å². The predicted molar refractivity (Wildman–Crippen MR) is 73.8 cm³/mol. The standard InChI is InChI=1S/C14H27F3N2O/c1-4-18-12(6-5-7-14(15,16)17)13-10-19(11(2)3)8-9-20-13/h11-13,18H,4-10H2,1-3H3. The van der Waals surface area contributed by atoms with Gasteiger partial charge in [0, 0.05) is 31.6 Å². The first-order chi connectivity index (χ1) is 9.33. The van der Waals surface area contributed by atoms with Gasteiger partial charge < -0.3 is 10.1 Å². The molecule has 1 heterocycles. The lowest BCUT2D eigenvalue weighted by Gasteiger charge is -2.39. The zero-order chi connectivity index (χ0) is 15.2. The van der Waals surface area contributed by atoms with E-state index in [0.29, 0.717) is 19.1 Å². The van der Waals surface area contributed by atoms with E-state index in [9.17, 15) is 13.2 Å². The van der Waals surface area contributed by atoms with Gasteiger partial charge in [0.1, 0.15) is 0 Å². The monoisotopic (exact) mass is 296 g/mol. The van der Waals surface area contributed by atoms with Gasteiger partial charge in [0.25, 0.3) is 0 Å². The van der Waals surface area contributed by atoms with Crippen LogP contribution in [0.4, 0.5) is 13.2 Å². The van der Waals surface area contributed by atoms with E-state index in [1.807, 2.05) is 6.92 Å². The summed E-state index contributed by atoms with van der Waals surface area (Å²) in [6.07, 6.45) is -4.13. The van der Waals surface area contributed by atoms with Crippen LogP contribution in [0.15, 0.2) is 0 Å². The Morgan fingerprint density at radius 3 is 2.60 bits per heavy atom. The topological polar surface area (TPSA) is 24.5 Å². The Labute approximate surface area is 119 Å². The molecule has 0 aromatic heterocycles. The van der Waals surface area contributed by atoms with Gasteiger partial charge in [-0.05, 0) is 33.2 Å². The molecular weight excluding hydrogens is 269 g/mol. The minimum absolute atomic E-state index is 0.00361. The number of ether oxygens (including phenoxy) is 1. The third kappa shape index (κ3) is 6.41. The molecule has 1 aliphatic heterocycles. The molecule has 0 spiro atoms. The number of hydrogen-bond donors (Lipinski definition) is 1. The minimum atomic E-state index is -4.06. The summed E-state index contributed by atoms with van der Waals surface area (Å²) in [7, 11) is 0.